The molecule has 172 valence electrons. The van der Waals surface area contributed by atoms with Crippen LogP contribution in [0.2, 0.25) is 26.7 Å². The van der Waals surface area contributed by atoms with E-state index in [-0.39, 0.29) is 11.7 Å². The SMILES string of the molecule is CC(C)c1cc(C(O)c2c(Cl)cc(O[Si](C(C)C)(C(C)C)C(C)C)cc2Cl)ccc1F. The van der Waals surface area contributed by atoms with Crippen molar-refractivity contribution in [3.63, 3.8) is 0 Å². The van der Waals surface area contributed by atoms with Crippen LogP contribution in [0.15, 0.2) is 30.3 Å². The van der Waals surface area contributed by atoms with Gasteiger partial charge in [0.25, 0.3) is 8.32 Å². The molecule has 0 amide bonds. The van der Waals surface area contributed by atoms with Gasteiger partial charge in [-0.2, -0.15) is 0 Å². The van der Waals surface area contributed by atoms with Gasteiger partial charge >= 0.3 is 0 Å². The third kappa shape index (κ3) is 5.30. The van der Waals surface area contributed by atoms with Crippen LogP contribution in [-0.2, 0) is 0 Å². The van der Waals surface area contributed by atoms with E-state index in [9.17, 15) is 9.50 Å². The van der Waals surface area contributed by atoms with E-state index in [0.717, 1.165) is 0 Å². The van der Waals surface area contributed by atoms with E-state index in [0.29, 0.717) is 49.1 Å². The van der Waals surface area contributed by atoms with Crippen LogP contribution in [0.1, 0.15) is 84.1 Å². The van der Waals surface area contributed by atoms with Crippen LogP contribution in [-0.4, -0.2) is 13.4 Å². The molecule has 0 aromatic heterocycles. The standard InChI is InChI=1S/C25H35Cl2FO2Si/c1-14(2)20-11-18(9-10-23(20)28)25(29)24-21(26)12-19(13-22(24)27)30-31(15(3)4,16(5)6)17(7)8/h9-17,25,29H,1-8H3. The Kier molecular flexibility index (Phi) is 8.65. The van der Waals surface area contributed by atoms with Gasteiger partial charge in [0.1, 0.15) is 17.7 Å². The van der Waals surface area contributed by atoms with Gasteiger partial charge in [-0.25, -0.2) is 4.39 Å². The van der Waals surface area contributed by atoms with Crippen molar-refractivity contribution in [2.75, 3.05) is 0 Å². The Morgan fingerprint density at radius 2 is 1.32 bits per heavy atom. The molecular formula is C25H35Cl2FO2Si. The summed E-state index contributed by atoms with van der Waals surface area (Å²) in [6, 6.07) is 8.11. The zero-order chi connectivity index (χ0) is 23.7. The summed E-state index contributed by atoms with van der Waals surface area (Å²) in [4.78, 5) is 0. The smallest absolute Gasteiger partial charge is 0.258 e. The molecule has 0 aliphatic heterocycles. The summed E-state index contributed by atoms with van der Waals surface area (Å²) in [5.74, 6) is 0.343. The first kappa shape index (κ1) is 26.2. The van der Waals surface area contributed by atoms with Crippen LogP contribution in [0.4, 0.5) is 4.39 Å². The largest absolute Gasteiger partial charge is 0.543 e. The Hall–Kier alpha value is -1.07. The minimum Gasteiger partial charge on any atom is -0.543 e. The van der Waals surface area contributed by atoms with Gasteiger partial charge in [0.05, 0.1) is 10.0 Å². The van der Waals surface area contributed by atoms with E-state index in [1.165, 1.54) is 6.07 Å². The zero-order valence-corrected chi connectivity index (χ0v) is 22.3. The molecule has 0 aliphatic rings. The highest BCUT2D eigenvalue weighted by Gasteiger charge is 2.47. The Morgan fingerprint density at radius 3 is 1.74 bits per heavy atom. The van der Waals surface area contributed by atoms with Crippen molar-refractivity contribution in [1.29, 1.82) is 0 Å². The number of hydrogen-bond donors (Lipinski definition) is 1. The molecule has 1 atom stereocenters. The molecule has 0 heterocycles. The Balaban J connectivity index is 2.48. The molecule has 0 saturated carbocycles. The quantitative estimate of drug-likeness (QED) is 0.378. The molecule has 1 unspecified atom stereocenters. The first-order chi connectivity index (χ1) is 14.3. The third-order valence-corrected chi connectivity index (χ3v) is 12.9. The lowest BCUT2D eigenvalue weighted by Crippen LogP contribution is -2.50. The highest BCUT2D eigenvalue weighted by molar-refractivity contribution is 6.78. The molecule has 6 heteroatoms. The third-order valence-electron chi connectivity index (χ3n) is 6.29. The van der Waals surface area contributed by atoms with Gasteiger partial charge in [0, 0.05) is 5.56 Å². The number of hydrogen-bond acceptors (Lipinski definition) is 2. The minimum absolute atomic E-state index is 0.00458. The van der Waals surface area contributed by atoms with E-state index >= 15 is 0 Å². The van der Waals surface area contributed by atoms with Gasteiger partial charge in [-0.3, -0.25) is 0 Å². The molecule has 0 fully saturated rings. The average molecular weight is 486 g/mol. The fraction of sp³-hybridized carbons (Fsp3) is 0.520. The maximum atomic E-state index is 14.1. The van der Waals surface area contributed by atoms with Crippen LogP contribution < -0.4 is 4.43 Å². The summed E-state index contributed by atoms with van der Waals surface area (Å²) in [5, 5.41) is 11.7. The van der Waals surface area contributed by atoms with E-state index in [4.69, 9.17) is 27.6 Å². The Bertz CT molecular complexity index is 868. The number of rotatable bonds is 8. The van der Waals surface area contributed by atoms with Crippen molar-refractivity contribution < 1.29 is 13.9 Å². The summed E-state index contributed by atoms with van der Waals surface area (Å²) < 4.78 is 20.8. The first-order valence-corrected chi connectivity index (χ1v) is 13.9. The lowest BCUT2D eigenvalue weighted by atomic mass is 9.95. The van der Waals surface area contributed by atoms with Crippen molar-refractivity contribution in [3.05, 3.63) is 62.9 Å². The van der Waals surface area contributed by atoms with Crippen LogP contribution in [0.25, 0.3) is 0 Å². The molecule has 2 nitrogen and oxygen atoms in total. The van der Waals surface area contributed by atoms with E-state index in [1.807, 2.05) is 13.8 Å². The van der Waals surface area contributed by atoms with E-state index < -0.39 is 14.4 Å². The molecule has 0 bridgehead atoms. The first-order valence-electron chi connectivity index (χ1n) is 11.0. The summed E-state index contributed by atoms with van der Waals surface area (Å²) in [5.41, 5.74) is 2.73. The fourth-order valence-electron chi connectivity index (χ4n) is 4.78. The molecule has 31 heavy (non-hydrogen) atoms. The van der Waals surface area contributed by atoms with Crippen molar-refractivity contribution in [2.45, 2.75) is 84.0 Å². The molecule has 0 radical (unpaired) electrons. The fourth-order valence-corrected chi connectivity index (χ4v) is 10.7. The number of aliphatic hydroxyl groups excluding tert-OH is 1. The Labute approximate surface area is 197 Å². The van der Waals surface area contributed by atoms with Gasteiger partial charge < -0.3 is 9.53 Å². The lowest BCUT2D eigenvalue weighted by molar-refractivity contribution is 0.220. The maximum absolute atomic E-state index is 14.1. The van der Waals surface area contributed by atoms with Gasteiger partial charge in [-0.15, -0.1) is 0 Å². The minimum atomic E-state index is -2.17. The lowest BCUT2D eigenvalue weighted by Gasteiger charge is -2.42. The molecule has 0 aliphatic carbocycles. The predicted octanol–water partition coefficient (Wildman–Crippen LogP) is 8.89. The maximum Gasteiger partial charge on any atom is 0.258 e. The highest BCUT2D eigenvalue weighted by Crippen LogP contribution is 2.45. The summed E-state index contributed by atoms with van der Waals surface area (Å²) in [7, 11) is -2.17. The van der Waals surface area contributed by atoms with Gasteiger partial charge in [0.15, 0.2) is 0 Å². The van der Waals surface area contributed by atoms with Crippen LogP contribution >= 0.6 is 23.2 Å². The second-order valence-corrected chi connectivity index (χ2v) is 15.7. The summed E-state index contributed by atoms with van der Waals surface area (Å²) in [6.45, 7) is 17.1. The second-order valence-electron chi connectivity index (χ2n) is 9.56. The molecule has 0 spiro atoms. The topological polar surface area (TPSA) is 29.5 Å². The summed E-state index contributed by atoms with van der Waals surface area (Å²) in [6.07, 6.45) is -1.06. The van der Waals surface area contributed by atoms with Crippen molar-refractivity contribution in [1.82, 2.24) is 0 Å². The van der Waals surface area contributed by atoms with Crippen LogP contribution in [0.3, 0.4) is 0 Å². The van der Waals surface area contributed by atoms with Crippen molar-refractivity contribution in [2.24, 2.45) is 0 Å². The molecular weight excluding hydrogens is 450 g/mol. The molecule has 1 N–H and O–H groups in total. The average Bonchev–Trinajstić information content (AvgIpc) is 2.64. The van der Waals surface area contributed by atoms with Crippen molar-refractivity contribution >= 4 is 31.5 Å². The Morgan fingerprint density at radius 1 is 0.839 bits per heavy atom. The monoisotopic (exact) mass is 484 g/mol. The van der Waals surface area contributed by atoms with Crippen LogP contribution in [0, 0.1) is 5.82 Å². The molecule has 0 saturated heterocycles. The van der Waals surface area contributed by atoms with Crippen molar-refractivity contribution in [3.8, 4) is 5.75 Å². The summed E-state index contributed by atoms with van der Waals surface area (Å²) >= 11 is 13.2. The number of halogens is 3. The second kappa shape index (κ2) is 10.2. The molecule has 2 aromatic carbocycles. The van der Waals surface area contributed by atoms with E-state index in [2.05, 4.69) is 41.5 Å². The zero-order valence-electron chi connectivity index (χ0n) is 19.8. The number of aliphatic hydroxyl groups is 1. The predicted molar refractivity (Wildman–Crippen MR) is 133 cm³/mol. The molecule has 2 rings (SSSR count). The number of benzene rings is 2. The van der Waals surface area contributed by atoms with Gasteiger partial charge in [-0.05, 0) is 57.9 Å². The molecule has 2 aromatic rings. The normalized spacial score (nSPS) is 13.5. The van der Waals surface area contributed by atoms with Crippen LogP contribution in [0.5, 0.6) is 5.75 Å². The van der Waals surface area contributed by atoms with Gasteiger partial charge in [-0.1, -0.05) is 84.7 Å². The van der Waals surface area contributed by atoms with E-state index in [1.54, 1.807) is 24.3 Å². The van der Waals surface area contributed by atoms with Gasteiger partial charge in [0.2, 0.25) is 0 Å². The highest BCUT2D eigenvalue weighted by atomic mass is 35.5.